The average molecular weight is 222 g/mol. The van der Waals surface area contributed by atoms with E-state index in [1.807, 2.05) is 18.3 Å². The van der Waals surface area contributed by atoms with Crippen LogP contribution >= 0.6 is 0 Å². The molecule has 4 heteroatoms. The molecule has 16 heavy (non-hydrogen) atoms. The lowest BCUT2D eigenvalue weighted by Crippen LogP contribution is -2.38. The molecule has 1 aromatic rings. The zero-order valence-corrected chi connectivity index (χ0v) is 9.59. The second kappa shape index (κ2) is 5.27. The molecule has 0 bridgehead atoms. The van der Waals surface area contributed by atoms with Gasteiger partial charge in [0.1, 0.15) is 0 Å². The largest absolute Gasteiger partial charge is 0.391 e. The van der Waals surface area contributed by atoms with Crippen molar-refractivity contribution in [2.24, 2.45) is 0 Å². The molecule has 1 aliphatic heterocycles. The van der Waals surface area contributed by atoms with Crippen LogP contribution in [0.4, 0.5) is 5.69 Å². The molecule has 1 aliphatic rings. The van der Waals surface area contributed by atoms with Crippen LogP contribution in [-0.2, 0) is 11.3 Å². The monoisotopic (exact) mass is 222 g/mol. The van der Waals surface area contributed by atoms with Crippen LogP contribution in [0.1, 0.15) is 18.5 Å². The Hall–Kier alpha value is -1.13. The third kappa shape index (κ3) is 2.71. The van der Waals surface area contributed by atoms with Gasteiger partial charge in [-0.3, -0.25) is 4.98 Å². The molecule has 2 rings (SSSR count). The van der Waals surface area contributed by atoms with E-state index in [-0.39, 0.29) is 6.10 Å². The molecule has 1 N–H and O–H groups in total. The van der Waals surface area contributed by atoms with Gasteiger partial charge in [-0.25, -0.2) is 0 Å². The van der Waals surface area contributed by atoms with Crippen molar-refractivity contribution >= 4 is 5.69 Å². The Labute approximate surface area is 95.9 Å². The maximum absolute atomic E-state index is 9.60. The van der Waals surface area contributed by atoms with Gasteiger partial charge in [-0.15, -0.1) is 0 Å². The second-order valence-corrected chi connectivity index (χ2v) is 4.18. The molecule has 1 fully saturated rings. The van der Waals surface area contributed by atoms with Crippen molar-refractivity contribution in [3.8, 4) is 0 Å². The maximum atomic E-state index is 9.60. The number of anilines is 1. The van der Waals surface area contributed by atoms with Crippen molar-refractivity contribution < 1.29 is 9.84 Å². The average Bonchev–Trinajstić information content (AvgIpc) is 2.30. The number of aliphatic hydroxyl groups excluding tert-OH is 1. The summed E-state index contributed by atoms with van der Waals surface area (Å²) in [5, 5.41) is 9.60. The maximum Gasteiger partial charge on any atom is 0.0884 e. The zero-order chi connectivity index (χ0) is 11.4. The molecule has 1 aromatic heterocycles. The molecule has 0 radical (unpaired) electrons. The van der Waals surface area contributed by atoms with Crippen LogP contribution in [-0.4, -0.2) is 36.4 Å². The smallest absolute Gasteiger partial charge is 0.0884 e. The standard InChI is InChI=1S/C12H18N2O2/c1-16-9-10-4-5-11(7-13-10)14-6-2-3-12(15)8-14/h4-5,7,12,15H,2-3,6,8-9H2,1H3/t12-/m1/s1. The highest BCUT2D eigenvalue weighted by Gasteiger charge is 2.17. The van der Waals surface area contributed by atoms with Gasteiger partial charge in [0.2, 0.25) is 0 Å². The van der Waals surface area contributed by atoms with Gasteiger partial charge in [0.15, 0.2) is 0 Å². The van der Waals surface area contributed by atoms with E-state index in [4.69, 9.17) is 4.74 Å². The molecule has 0 spiro atoms. The van der Waals surface area contributed by atoms with Crippen LogP contribution in [0.5, 0.6) is 0 Å². The molecule has 4 nitrogen and oxygen atoms in total. The molecule has 0 aliphatic carbocycles. The summed E-state index contributed by atoms with van der Waals surface area (Å²) in [5.74, 6) is 0. The molecule has 0 amide bonds. The number of aromatic nitrogens is 1. The lowest BCUT2D eigenvalue weighted by molar-refractivity contribution is 0.154. The first-order chi connectivity index (χ1) is 7.79. The minimum absolute atomic E-state index is 0.201. The number of nitrogens with zero attached hydrogens (tertiary/aromatic N) is 2. The summed E-state index contributed by atoms with van der Waals surface area (Å²) in [7, 11) is 1.66. The molecule has 1 atom stereocenters. The molecule has 0 unspecified atom stereocenters. The number of aliphatic hydroxyl groups is 1. The molecule has 0 saturated carbocycles. The normalized spacial score (nSPS) is 21.1. The topological polar surface area (TPSA) is 45.6 Å². The van der Waals surface area contributed by atoms with Crippen LogP contribution in [0, 0.1) is 0 Å². The molecule has 1 saturated heterocycles. The highest BCUT2D eigenvalue weighted by molar-refractivity contribution is 5.45. The summed E-state index contributed by atoms with van der Waals surface area (Å²) in [6.07, 6.45) is 3.60. The van der Waals surface area contributed by atoms with Gasteiger partial charge >= 0.3 is 0 Å². The van der Waals surface area contributed by atoms with E-state index in [1.54, 1.807) is 7.11 Å². The first-order valence-corrected chi connectivity index (χ1v) is 5.66. The molecular weight excluding hydrogens is 204 g/mol. The van der Waals surface area contributed by atoms with Gasteiger partial charge in [-0.05, 0) is 25.0 Å². The number of hydrogen-bond donors (Lipinski definition) is 1. The summed E-state index contributed by atoms with van der Waals surface area (Å²) in [6.45, 7) is 2.26. The summed E-state index contributed by atoms with van der Waals surface area (Å²) >= 11 is 0. The van der Waals surface area contributed by atoms with Crippen LogP contribution in [0.15, 0.2) is 18.3 Å². The van der Waals surface area contributed by atoms with Crippen molar-refractivity contribution in [2.75, 3.05) is 25.1 Å². The highest BCUT2D eigenvalue weighted by atomic mass is 16.5. The number of hydrogen-bond acceptors (Lipinski definition) is 4. The summed E-state index contributed by atoms with van der Waals surface area (Å²) < 4.78 is 5.01. The third-order valence-electron chi connectivity index (χ3n) is 2.86. The number of rotatable bonds is 3. The Morgan fingerprint density at radius 1 is 1.56 bits per heavy atom. The molecule has 2 heterocycles. The van der Waals surface area contributed by atoms with Gasteiger partial charge in [0, 0.05) is 20.2 Å². The van der Waals surface area contributed by atoms with Crippen LogP contribution in [0.25, 0.3) is 0 Å². The number of methoxy groups -OCH3 is 1. The van der Waals surface area contributed by atoms with Crippen molar-refractivity contribution in [1.29, 1.82) is 0 Å². The van der Waals surface area contributed by atoms with Crippen molar-refractivity contribution in [3.05, 3.63) is 24.0 Å². The van der Waals surface area contributed by atoms with E-state index in [2.05, 4.69) is 9.88 Å². The third-order valence-corrected chi connectivity index (χ3v) is 2.86. The van der Waals surface area contributed by atoms with Crippen molar-refractivity contribution in [1.82, 2.24) is 4.98 Å². The number of ether oxygens (including phenoxy) is 1. The number of pyridine rings is 1. The summed E-state index contributed by atoms with van der Waals surface area (Å²) in [5.41, 5.74) is 2.02. The fourth-order valence-electron chi connectivity index (χ4n) is 2.03. The van der Waals surface area contributed by atoms with E-state index < -0.39 is 0 Å². The quantitative estimate of drug-likeness (QED) is 0.834. The fourth-order valence-corrected chi connectivity index (χ4v) is 2.03. The van der Waals surface area contributed by atoms with E-state index in [0.29, 0.717) is 13.2 Å². The lowest BCUT2D eigenvalue weighted by atomic mass is 10.1. The van der Waals surface area contributed by atoms with E-state index in [0.717, 1.165) is 30.8 Å². The van der Waals surface area contributed by atoms with Crippen molar-refractivity contribution in [3.63, 3.8) is 0 Å². The highest BCUT2D eigenvalue weighted by Crippen LogP contribution is 2.19. The fraction of sp³-hybridized carbons (Fsp3) is 0.583. The Morgan fingerprint density at radius 3 is 3.06 bits per heavy atom. The first kappa shape index (κ1) is 11.4. The first-order valence-electron chi connectivity index (χ1n) is 5.66. The number of piperidine rings is 1. The van der Waals surface area contributed by atoms with E-state index in [1.165, 1.54) is 0 Å². The zero-order valence-electron chi connectivity index (χ0n) is 9.59. The Kier molecular flexibility index (Phi) is 3.74. The minimum atomic E-state index is -0.201. The SMILES string of the molecule is COCc1ccc(N2CCC[C@@H](O)C2)cn1. The van der Waals surface area contributed by atoms with Crippen molar-refractivity contribution in [2.45, 2.75) is 25.6 Å². The van der Waals surface area contributed by atoms with Crippen LogP contribution < -0.4 is 4.90 Å². The van der Waals surface area contributed by atoms with Crippen LogP contribution in [0.3, 0.4) is 0 Å². The minimum Gasteiger partial charge on any atom is -0.391 e. The van der Waals surface area contributed by atoms with Gasteiger partial charge in [-0.1, -0.05) is 0 Å². The van der Waals surface area contributed by atoms with Gasteiger partial charge in [0.25, 0.3) is 0 Å². The Morgan fingerprint density at radius 2 is 2.44 bits per heavy atom. The predicted octanol–water partition coefficient (Wildman–Crippen LogP) is 1.19. The predicted molar refractivity (Wildman–Crippen MR) is 62.4 cm³/mol. The second-order valence-electron chi connectivity index (χ2n) is 4.18. The van der Waals surface area contributed by atoms with E-state index in [9.17, 15) is 5.11 Å². The van der Waals surface area contributed by atoms with Gasteiger partial charge in [0.05, 0.1) is 30.3 Å². The summed E-state index contributed by atoms with van der Waals surface area (Å²) in [6, 6.07) is 4.01. The number of β-amino-alcohol motifs (C(OH)–C–C–N with tert-alkyl or cyclic N) is 1. The van der Waals surface area contributed by atoms with Gasteiger partial charge in [-0.2, -0.15) is 0 Å². The lowest BCUT2D eigenvalue weighted by Gasteiger charge is -2.31. The molecule has 88 valence electrons. The summed E-state index contributed by atoms with van der Waals surface area (Å²) in [4.78, 5) is 6.50. The van der Waals surface area contributed by atoms with Gasteiger partial charge < -0.3 is 14.7 Å². The Bertz CT molecular complexity index is 326. The Balaban J connectivity index is 2.03. The van der Waals surface area contributed by atoms with Crippen LogP contribution in [0.2, 0.25) is 0 Å². The van der Waals surface area contributed by atoms with E-state index >= 15 is 0 Å². The molecular formula is C12H18N2O2. The molecule has 0 aromatic carbocycles.